The number of amides is 2. The van der Waals surface area contributed by atoms with Crippen molar-refractivity contribution in [1.29, 1.82) is 0 Å². The van der Waals surface area contributed by atoms with Crippen LogP contribution >= 0.6 is 0 Å². The van der Waals surface area contributed by atoms with E-state index in [1.165, 1.54) is 12.1 Å². The van der Waals surface area contributed by atoms with E-state index in [0.29, 0.717) is 5.56 Å². The van der Waals surface area contributed by atoms with Gasteiger partial charge in [-0.05, 0) is 11.1 Å². The summed E-state index contributed by atoms with van der Waals surface area (Å²) in [4.78, 5) is 36.1. The minimum absolute atomic E-state index is 0.00482. The Bertz CT molecular complexity index is 1640. The lowest BCUT2D eigenvalue weighted by atomic mass is 10.1. The first-order valence-electron chi connectivity index (χ1n) is 13.5. The van der Waals surface area contributed by atoms with Crippen LogP contribution in [0.1, 0.15) is 16.7 Å². The summed E-state index contributed by atoms with van der Waals surface area (Å²) in [6.45, 7) is 1.52. The minimum atomic E-state index is -5.05. The molecule has 0 fully saturated rings. The summed E-state index contributed by atoms with van der Waals surface area (Å²) in [6, 6.07) is 18.9. The zero-order valence-electron chi connectivity index (χ0n) is 23.8. The van der Waals surface area contributed by atoms with Gasteiger partial charge in [0.05, 0.1) is 6.54 Å². The first kappa shape index (κ1) is 32.6. The van der Waals surface area contributed by atoms with Gasteiger partial charge in [0.1, 0.15) is 43.9 Å². The quantitative estimate of drug-likeness (QED) is 0.220. The van der Waals surface area contributed by atoms with Crippen LogP contribution in [0.5, 0.6) is 11.5 Å². The monoisotopic (exact) mass is 643 g/mol. The minimum Gasteiger partial charge on any atom is -0.488 e. The van der Waals surface area contributed by atoms with Crippen molar-refractivity contribution in [2.45, 2.75) is 25.7 Å². The second-order valence-corrected chi connectivity index (χ2v) is 11.2. The molecule has 0 unspecified atom stereocenters. The van der Waals surface area contributed by atoms with Gasteiger partial charge in [-0.1, -0.05) is 73.3 Å². The number of anilines is 1. The molecule has 0 radical (unpaired) electrons. The molecular weight excluding hydrogens is 613 g/mol. The predicted octanol–water partition coefficient (Wildman–Crippen LogP) is 3.68. The molecule has 0 aromatic heterocycles. The second kappa shape index (κ2) is 14.9. The lowest BCUT2D eigenvalue weighted by Crippen LogP contribution is -2.46. The zero-order valence-corrected chi connectivity index (χ0v) is 24.6. The summed E-state index contributed by atoms with van der Waals surface area (Å²) >= 11 is 0. The number of rotatable bonds is 14. The molecule has 1 heterocycles. The van der Waals surface area contributed by atoms with Crippen molar-refractivity contribution >= 4 is 34.1 Å². The predicted molar refractivity (Wildman–Crippen MR) is 159 cm³/mol. The maximum atomic E-state index is 16.3. The molecule has 1 aliphatic heterocycles. The summed E-state index contributed by atoms with van der Waals surface area (Å²) < 4.78 is 65.9. The Morgan fingerprint density at radius 2 is 1.67 bits per heavy atom. The van der Waals surface area contributed by atoms with Crippen LogP contribution in [-0.2, 0) is 44.1 Å². The van der Waals surface area contributed by atoms with Crippen molar-refractivity contribution in [2.24, 2.45) is 0 Å². The van der Waals surface area contributed by atoms with Gasteiger partial charge in [-0.25, -0.2) is 23.0 Å². The number of aliphatic carboxylic acids is 1. The molecule has 0 saturated carbocycles. The maximum Gasteiger partial charge on any atom is 0.422 e. The lowest BCUT2D eigenvalue weighted by molar-refractivity contribution is -0.135. The number of nitrogens with one attached hydrogen (secondary N) is 2. The van der Waals surface area contributed by atoms with Gasteiger partial charge in [0.2, 0.25) is 0 Å². The molecule has 0 bridgehead atoms. The topological polar surface area (TPSA) is 170 Å². The molecule has 2 amide bonds. The van der Waals surface area contributed by atoms with E-state index in [4.69, 9.17) is 14.2 Å². The Morgan fingerprint density at radius 1 is 1.02 bits per heavy atom. The number of ether oxygens (including phenoxy) is 4. The van der Waals surface area contributed by atoms with Gasteiger partial charge in [0, 0.05) is 18.1 Å². The largest absolute Gasteiger partial charge is 0.488 e. The van der Waals surface area contributed by atoms with Crippen LogP contribution in [0.15, 0.2) is 79.4 Å². The first-order chi connectivity index (χ1) is 21.6. The van der Waals surface area contributed by atoms with Crippen molar-refractivity contribution < 1.29 is 51.2 Å². The van der Waals surface area contributed by atoms with Crippen molar-refractivity contribution in [2.75, 3.05) is 24.0 Å². The summed E-state index contributed by atoms with van der Waals surface area (Å²) in [5, 5.41) is 12.1. The van der Waals surface area contributed by atoms with E-state index >= 15 is 4.39 Å². The molecular formula is C30H30FN3O10S. The summed E-state index contributed by atoms with van der Waals surface area (Å²) in [7, 11) is -5.05. The fourth-order valence-electron chi connectivity index (χ4n) is 4.27. The van der Waals surface area contributed by atoms with Gasteiger partial charge < -0.3 is 29.4 Å². The zero-order chi connectivity index (χ0) is 32.4. The molecule has 1 aliphatic rings. The van der Waals surface area contributed by atoms with Gasteiger partial charge in [0.25, 0.3) is 0 Å². The molecule has 0 spiro atoms. The number of benzene rings is 3. The fourth-order valence-corrected chi connectivity index (χ4v) is 5.34. The number of nitrogens with zero attached hydrogens (tertiary/aromatic N) is 1. The highest BCUT2D eigenvalue weighted by Gasteiger charge is 2.37. The maximum absolute atomic E-state index is 16.3. The van der Waals surface area contributed by atoms with Crippen molar-refractivity contribution in [3.63, 3.8) is 0 Å². The van der Waals surface area contributed by atoms with Gasteiger partial charge >= 0.3 is 28.4 Å². The molecule has 238 valence electrons. The average molecular weight is 644 g/mol. The molecule has 45 heavy (non-hydrogen) atoms. The Labute approximate surface area is 258 Å². The number of alkyl carbamates (subject to hydrolysis) is 1. The number of fused-ring (bicyclic) bond motifs is 1. The summed E-state index contributed by atoms with van der Waals surface area (Å²) in [5.41, 5.74) is 0.552. The highest BCUT2D eigenvalue weighted by atomic mass is 32.2. The van der Waals surface area contributed by atoms with E-state index in [2.05, 4.69) is 16.6 Å². The second-order valence-electron chi connectivity index (χ2n) is 9.57. The molecule has 4 rings (SSSR count). The van der Waals surface area contributed by atoms with Crippen LogP contribution < -0.4 is 23.8 Å². The normalized spacial score (nSPS) is 13.5. The molecule has 3 N–H and O–H groups in total. The molecule has 0 aliphatic carbocycles. The van der Waals surface area contributed by atoms with Crippen LogP contribution in [0.25, 0.3) is 0 Å². The number of hydrogen-bond donors (Lipinski definition) is 3. The van der Waals surface area contributed by atoms with Crippen molar-refractivity contribution in [1.82, 2.24) is 10.0 Å². The molecule has 0 saturated heterocycles. The number of carbonyl (C=O) groups is 3. The standard InChI is InChI=1S/C30H30FN3O10S/c1-2-13-41-30(38)33-45(39,40)34(17-26(35)36)28-25(42-18-20-9-5-3-6-10-20)15-24-23(27(28)31)14-22(44-24)16-32-29(37)43-19-21-11-7-4-8-12-21/h2-12,15,22H,1,13-14,16-19H2,(H,32,37)(H,33,38)(H,35,36)/t22-/m1/s1. The third kappa shape index (κ3) is 8.86. The Morgan fingerprint density at radius 3 is 2.29 bits per heavy atom. The van der Waals surface area contributed by atoms with E-state index in [0.717, 1.165) is 5.56 Å². The van der Waals surface area contributed by atoms with Gasteiger partial charge in [-0.15, -0.1) is 0 Å². The van der Waals surface area contributed by atoms with Crippen LogP contribution in [-0.4, -0.2) is 57.5 Å². The molecule has 15 heteroatoms. The van der Waals surface area contributed by atoms with E-state index < -0.39 is 52.5 Å². The average Bonchev–Trinajstić information content (AvgIpc) is 3.44. The first-order valence-corrected chi connectivity index (χ1v) is 14.9. The third-order valence-corrected chi connectivity index (χ3v) is 7.59. The summed E-state index contributed by atoms with van der Waals surface area (Å²) in [5.74, 6) is -3.19. The highest BCUT2D eigenvalue weighted by molar-refractivity contribution is 7.91. The smallest absolute Gasteiger partial charge is 0.422 e. The van der Waals surface area contributed by atoms with Gasteiger partial charge in [-0.2, -0.15) is 8.42 Å². The number of hydrogen-bond acceptors (Lipinski definition) is 9. The number of carboxylic acid groups (broad SMARTS) is 1. The van der Waals surface area contributed by atoms with Crippen molar-refractivity contribution in [3.8, 4) is 11.5 Å². The third-order valence-electron chi connectivity index (χ3n) is 6.28. The number of carbonyl (C=O) groups excluding carboxylic acids is 2. The Hall–Kier alpha value is -5.31. The summed E-state index contributed by atoms with van der Waals surface area (Å²) in [6.07, 6.45) is -1.90. The fraction of sp³-hybridized carbons (Fsp3) is 0.233. The highest BCUT2D eigenvalue weighted by Crippen LogP contribution is 2.44. The molecule has 3 aromatic carbocycles. The van der Waals surface area contributed by atoms with Gasteiger partial charge in [0.15, 0.2) is 11.6 Å². The molecule has 1 atom stereocenters. The van der Waals surface area contributed by atoms with Crippen molar-refractivity contribution in [3.05, 3.63) is 102 Å². The SMILES string of the molecule is C=CCOC(=O)NS(=O)(=O)N(CC(=O)O)c1c(OCc2ccccc2)cc2c(c1F)C[C@H](CNC(=O)OCc1ccccc1)O2. The molecule has 13 nitrogen and oxygen atoms in total. The lowest BCUT2D eigenvalue weighted by Gasteiger charge is -2.26. The Kier molecular flexibility index (Phi) is 10.8. The van der Waals surface area contributed by atoms with E-state index in [1.54, 1.807) is 59.3 Å². The number of halogens is 1. The van der Waals surface area contributed by atoms with Gasteiger partial charge in [-0.3, -0.25) is 4.79 Å². The molecule has 3 aromatic rings. The number of carboxylic acids is 1. The van der Waals surface area contributed by atoms with E-state index in [-0.39, 0.29) is 54.2 Å². The van der Waals surface area contributed by atoms with E-state index in [9.17, 15) is 27.9 Å². The Balaban J connectivity index is 1.60. The van der Waals surface area contributed by atoms with E-state index in [1.807, 2.05) is 6.07 Å². The van der Waals surface area contributed by atoms with Crippen LogP contribution in [0.4, 0.5) is 19.7 Å². The van der Waals surface area contributed by atoms with Crippen LogP contribution in [0.3, 0.4) is 0 Å². The van der Waals surface area contributed by atoms with Crippen LogP contribution in [0.2, 0.25) is 0 Å². The van der Waals surface area contributed by atoms with Crippen LogP contribution in [0, 0.1) is 5.82 Å².